The lowest BCUT2D eigenvalue weighted by molar-refractivity contribution is 0.538. The zero-order valence-electron chi connectivity index (χ0n) is 8.03. The zero-order valence-corrected chi connectivity index (χ0v) is 8.03. The molecule has 0 spiro atoms. The smallest absolute Gasteiger partial charge is 0.133 e. The van der Waals surface area contributed by atoms with E-state index >= 15 is 0 Å². The second-order valence-corrected chi connectivity index (χ2v) is 3.60. The molecule has 1 aromatic rings. The summed E-state index contributed by atoms with van der Waals surface area (Å²) < 4.78 is 2.12. The Morgan fingerprint density at radius 3 is 3.31 bits per heavy atom. The molecule has 72 valence electrons. The van der Waals surface area contributed by atoms with Crippen LogP contribution in [0.1, 0.15) is 19.2 Å². The molecule has 1 aliphatic heterocycles. The molecule has 13 heavy (non-hydrogen) atoms. The van der Waals surface area contributed by atoms with Gasteiger partial charge in [0.25, 0.3) is 0 Å². The van der Waals surface area contributed by atoms with Gasteiger partial charge in [0, 0.05) is 13.0 Å². The fourth-order valence-electron chi connectivity index (χ4n) is 1.85. The van der Waals surface area contributed by atoms with Crippen molar-refractivity contribution < 1.29 is 0 Å². The number of nitrogens with one attached hydrogen (secondary N) is 1. The van der Waals surface area contributed by atoms with Gasteiger partial charge in [-0.3, -0.25) is 0 Å². The van der Waals surface area contributed by atoms with Crippen molar-refractivity contribution in [2.45, 2.75) is 26.3 Å². The van der Waals surface area contributed by atoms with E-state index in [1.54, 1.807) is 0 Å². The molecular weight excluding hydrogens is 164 g/mol. The van der Waals surface area contributed by atoms with Gasteiger partial charge in [-0.15, -0.1) is 10.2 Å². The van der Waals surface area contributed by atoms with E-state index in [0.717, 1.165) is 37.8 Å². The van der Waals surface area contributed by atoms with Crippen molar-refractivity contribution >= 4 is 0 Å². The molecule has 4 heteroatoms. The van der Waals surface area contributed by atoms with E-state index in [9.17, 15) is 0 Å². The maximum Gasteiger partial charge on any atom is 0.133 e. The number of hydrogen-bond donors (Lipinski definition) is 1. The van der Waals surface area contributed by atoms with Gasteiger partial charge in [-0.05, 0) is 32.4 Å². The van der Waals surface area contributed by atoms with Crippen LogP contribution < -0.4 is 5.32 Å². The lowest BCUT2D eigenvalue weighted by Crippen LogP contribution is -2.13. The second-order valence-electron chi connectivity index (χ2n) is 3.60. The predicted molar refractivity (Wildman–Crippen MR) is 50.4 cm³/mol. The minimum absolute atomic E-state index is 0.759. The molecule has 1 fully saturated rings. The summed E-state index contributed by atoms with van der Waals surface area (Å²) >= 11 is 0. The first-order chi connectivity index (χ1) is 6.40. The Hall–Kier alpha value is -0.900. The molecule has 0 aromatic carbocycles. The highest BCUT2D eigenvalue weighted by Crippen LogP contribution is 2.13. The number of nitrogens with zero attached hydrogens (tertiary/aromatic N) is 3. The van der Waals surface area contributed by atoms with Crippen molar-refractivity contribution in [2.75, 3.05) is 13.1 Å². The first-order valence-corrected chi connectivity index (χ1v) is 4.97. The minimum Gasteiger partial charge on any atom is -0.318 e. The van der Waals surface area contributed by atoms with Gasteiger partial charge in [0.05, 0.1) is 0 Å². The summed E-state index contributed by atoms with van der Waals surface area (Å²) in [6.07, 6.45) is 4.16. The van der Waals surface area contributed by atoms with Crippen LogP contribution in [0.2, 0.25) is 0 Å². The first kappa shape index (κ1) is 8.69. The van der Waals surface area contributed by atoms with Crippen LogP contribution >= 0.6 is 0 Å². The summed E-state index contributed by atoms with van der Waals surface area (Å²) in [5.41, 5.74) is 0. The molecule has 0 amide bonds. The van der Waals surface area contributed by atoms with Crippen molar-refractivity contribution in [3.8, 4) is 0 Å². The van der Waals surface area contributed by atoms with Crippen LogP contribution in [-0.4, -0.2) is 27.9 Å². The van der Waals surface area contributed by atoms with E-state index in [2.05, 4.69) is 27.0 Å². The van der Waals surface area contributed by atoms with Crippen LogP contribution in [-0.2, 0) is 13.0 Å². The van der Waals surface area contributed by atoms with Crippen molar-refractivity contribution in [2.24, 2.45) is 5.92 Å². The molecule has 2 rings (SSSR count). The molecule has 0 saturated carbocycles. The molecule has 0 aliphatic carbocycles. The quantitative estimate of drug-likeness (QED) is 0.734. The largest absolute Gasteiger partial charge is 0.318 e. The second kappa shape index (κ2) is 3.87. The van der Waals surface area contributed by atoms with Gasteiger partial charge >= 0.3 is 0 Å². The summed E-state index contributed by atoms with van der Waals surface area (Å²) in [6, 6.07) is 0. The van der Waals surface area contributed by atoms with E-state index in [1.165, 1.54) is 6.42 Å². The van der Waals surface area contributed by atoms with E-state index < -0.39 is 0 Å². The summed E-state index contributed by atoms with van der Waals surface area (Å²) in [5, 5.41) is 11.4. The maximum atomic E-state index is 4.14. The van der Waals surface area contributed by atoms with Crippen LogP contribution in [0.25, 0.3) is 0 Å². The van der Waals surface area contributed by atoms with Crippen molar-refractivity contribution in [1.82, 2.24) is 20.1 Å². The third-order valence-corrected chi connectivity index (χ3v) is 2.67. The van der Waals surface area contributed by atoms with Crippen molar-refractivity contribution in [3.05, 3.63) is 12.2 Å². The fourth-order valence-corrected chi connectivity index (χ4v) is 1.85. The molecule has 1 atom stereocenters. The minimum atomic E-state index is 0.759. The van der Waals surface area contributed by atoms with Crippen LogP contribution in [0.5, 0.6) is 0 Å². The molecule has 4 nitrogen and oxygen atoms in total. The van der Waals surface area contributed by atoms with Gasteiger partial charge in [0.1, 0.15) is 12.2 Å². The summed E-state index contributed by atoms with van der Waals surface area (Å²) in [7, 11) is 0. The number of hydrogen-bond acceptors (Lipinski definition) is 3. The Morgan fingerprint density at radius 1 is 1.69 bits per heavy atom. The van der Waals surface area contributed by atoms with Gasteiger partial charge in [0.15, 0.2) is 0 Å². The molecular formula is C9H16N4. The van der Waals surface area contributed by atoms with Crippen LogP contribution in [0.15, 0.2) is 6.33 Å². The monoisotopic (exact) mass is 180 g/mol. The molecule has 0 unspecified atom stereocenters. The highest BCUT2D eigenvalue weighted by Gasteiger charge is 2.17. The molecule has 1 aliphatic rings. The SMILES string of the molecule is CCn1cnnc1C[C@H]1CCNC1. The third-order valence-electron chi connectivity index (χ3n) is 2.67. The molecule has 2 heterocycles. The molecule has 1 aromatic heterocycles. The summed E-state index contributed by atoms with van der Waals surface area (Å²) in [6.45, 7) is 5.39. The molecule has 1 N–H and O–H groups in total. The lowest BCUT2D eigenvalue weighted by atomic mass is 10.0. The van der Waals surface area contributed by atoms with Crippen LogP contribution in [0, 0.1) is 5.92 Å². The zero-order chi connectivity index (χ0) is 9.10. The van der Waals surface area contributed by atoms with Gasteiger partial charge < -0.3 is 9.88 Å². The average molecular weight is 180 g/mol. The average Bonchev–Trinajstić information content (AvgIpc) is 2.76. The number of rotatable bonds is 3. The van der Waals surface area contributed by atoms with Gasteiger partial charge in [-0.2, -0.15) is 0 Å². The van der Waals surface area contributed by atoms with E-state index in [1.807, 2.05) is 6.33 Å². The Bertz CT molecular complexity index is 262. The summed E-state index contributed by atoms with van der Waals surface area (Å²) in [5.74, 6) is 1.89. The highest BCUT2D eigenvalue weighted by atomic mass is 15.3. The van der Waals surface area contributed by atoms with Crippen LogP contribution in [0.4, 0.5) is 0 Å². The lowest BCUT2D eigenvalue weighted by Gasteiger charge is -2.07. The first-order valence-electron chi connectivity index (χ1n) is 4.97. The van der Waals surface area contributed by atoms with Crippen molar-refractivity contribution in [3.63, 3.8) is 0 Å². The van der Waals surface area contributed by atoms with Gasteiger partial charge in [-0.1, -0.05) is 0 Å². The highest BCUT2D eigenvalue weighted by molar-refractivity contribution is 4.90. The molecule has 0 bridgehead atoms. The van der Waals surface area contributed by atoms with E-state index in [4.69, 9.17) is 0 Å². The van der Waals surface area contributed by atoms with E-state index in [0.29, 0.717) is 0 Å². The standard InChI is InChI=1S/C9H16N4/c1-2-13-7-11-12-9(13)5-8-3-4-10-6-8/h7-8,10H,2-6H2,1H3/t8-/m1/s1. The van der Waals surface area contributed by atoms with Crippen LogP contribution in [0.3, 0.4) is 0 Å². The Kier molecular flexibility index (Phi) is 2.59. The number of aryl methyl sites for hydroxylation is 1. The topological polar surface area (TPSA) is 42.7 Å². The fraction of sp³-hybridized carbons (Fsp3) is 0.778. The van der Waals surface area contributed by atoms with Gasteiger partial charge in [0.2, 0.25) is 0 Å². The number of aromatic nitrogens is 3. The Labute approximate surface area is 78.4 Å². The van der Waals surface area contributed by atoms with Crippen molar-refractivity contribution in [1.29, 1.82) is 0 Å². The molecule has 0 radical (unpaired) electrons. The third kappa shape index (κ3) is 1.88. The predicted octanol–water partition coefficient (Wildman–Crippen LogP) is 0.450. The van der Waals surface area contributed by atoms with Gasteiger partial charge in [-0.25, -0.2) is 0 Å². The van der Waals surface area contributed by atoms with E-state index in [-0.39, 0.29) is 0 Å². The Balaban J connectivity index is 1.99. The normalized spacial score (nSPS) is 22.4. The maximum absolute atomic E-state index is 4.14. The summed E-state index contributed by atoms with van der Waals surface area (Å²) in [4.78, 5) is 0. The molecule has 1 saturated heterocycles. The Morgan fingerprint density at radius 2 is 2.62 bits per heavy atom.